The van der Waals surface area contributed by atoms with Crippen molar-refractivity contribution in [3.8, 4) is 0 Å². The van der Waals surface area contributed by atoms with Gasteiger partial charge in [0.05, 0.1) is 0 Å². The third-order valence-corrected chi connectivity index (χ3v) is 5.23. The number of hydrogen-bond acceptors (Lipinski definition) is 2. The highest BCUT2D eigenvalue weighted by molar-refractivity contribution is 5.85. The number of benzene rings is 1. The number of piperazine rings is 1. The molecule has 0 aromatic heterocycles. The van der Waals surface area contributed by atoms with E-state index in [1.54, 1.807) is 5.56 Å². The molecule has 3 rings (SSSR count). The van der Waals surface area contributed by atoms with Gasteiger partial charge in [-0.1, -0.05) is 48.6 Å². The van der Waals surface area contributed by atoms with Gasteiger partial charge in [0.15, 0.2) is 0 Å². The summed E-state index contributed by atoms with van der Waals surface area (Å²) in [5.74, 6) is 0.859. The first-order chi connectivity index (χ1) is 10.2. The molecule has 2 fully saturated rings. The van der Waals surface area contributed by atoms with E-state index in [0.29, 0.717) is 6.04 Å². The third kappa shape index (κ3) is 5.35. The summed E-state index contributed by atoms with van der Waals surface area (Å²) in [7, 11) is 0. The molecule has 2 nitrogen and oxygen atoms in total. The zero-order valence-corrected chi connectivity index (χ0v) is 16.1. The first-order valence-electron chi connectivity index (χ1n) is 8.77. The Morgan fingerprint density at radius 3 is 2.04 bits per heavy atom. The molecule has 23 heavy (non-hydrogen) atoms. The molecule has 0 bridgehead atoms. The van der Waals surface area contributed by atoms with Crippen LogP contribution in [0.15, 0.2) is 18.2 Å². The highest BCUT2D eigenvalue weighted by atomic mass is 35.5. The third-order valence-electron chi connectivity index (χ3n) is 5.23. The number of aryl methyl sites for hydroxylation is 2. The highest BCUT2D eigenvalue weighted by Crippen LogP contribution is 2.39. The van der Waals surface area contributed by atoms with Crippen molar-refractivity contribution in [1.29, 1.82) is 0 Å². The van der Waals surface area contributed by atoms with E-state index >= 15 is 0 Å². The Balaban J connectivity index is 0.00000132. The molecule has 2 aliphatic rings. The van der Waals surface area contributed by atoms with Crippen LogP contribution < -0.4 is 5.32 Å². The van der Waals surface area contributed by atoms with E-state index in [2.05, 4.69) is 42.3 Å². The van der Waals surface area contributed by atoms with Crippen molar-refractivity contribution in [3.63, 3.8) is 0 Å². The summed E-state index contributed by atoms with van der Waals surface area (Å²) in [4.78, 5) is 2.75. The Kier molecular flexibility index (Phi) is 8.92. The van der Waals surface area contributed by atoms with Crippen LogP contribution in [-0.2, 0) is 0 Å². The van der Waals surface area contributed by atoms with E-state index in [4.69, 9.17) is 0 Å². The summed E-state index contributed by atoms with van der Waals surface area (Å²) in [6, 6.07) is 7.83. The molecule has 1 aromatic rings. The van der Waals surface area contributed by atoms with E-state index < -0.39 is 0 Å². The molecule has 0 amide bonds. The van der Waals surface area contributed by atoms with Crippen molar-refractivity contribution in [1.82, 2.24) is 10.2 Å². The van der Waals surface area contributed by atoms with Crippen molar-refractivity contribution >= 4 is 24.8 Å². The van der Waals surface area contributed by atoms with E-state index in [-0.39, 0.29) is 24.8 Å². The van der Waals surface area contributed by atoms with Gasteiger partial charge in [-0.25, -0.2) is 0 Å². The average Bonchev–Trinajstić information content (AvgIpc) is 2.49. The zero-order valence-electron chi connectivity index (χ0n) is 14.5. The number of halogens is 2. The molecule has 4 heteroatoms. The van der Waals surface area contributed by atoms with Gasteiger partial charge in [0.2, 0.25) is 0 Å². The normalized spacial score (nSPS) is 21.1. The lowest BCUT2D eigenvalue weighted by Gasteiger charge is -2.41. The Morgan fingerprint density at radius 1 is 0.913 bits per heavy atom. The van der Waals surface area contributed by atoms with Crippen LogP contribution in [0.2, 0.25) is 0 Å². The highest BCUT2D eigenvalue weighted by Gasteiger charge is 2.30. The van der Waals surface area contributed by atoms with Gasteiger partial charge in [0.25, 0.3) is 0 Å². The Morgan fingerprint density at radius 2 is 1.48 bits per heavy atom. The number of nitrogens with one attached hydrogen (secondary N) is 1. The second-order valence-electron chi connectivity index (χ2n) is 7.05. The second kappa shape index (κ2) is 9.88. The lowest BCUT2D eigenvalue weighted by Crippen LogP contribution is -2.47. The Bertz CT molecular complexity index is 428. The smallest absolute Gasteiger partial charge is 0.0377 e. The molecular formula is C19H32Cl2N2. The molecule has 0 radical (unpaired) electrons. The number of hydrogen-bond donors (Lipinski definition) is 1. The van der Waals surface area contributed by atoms with Gasteiger partial charge in [-0.15, -0.1) is 24.8 Å². The average molecular weight is 359 g/mol. The van der Waals surface area contributed by atoms with Crippen molar-refractivity contribution in [2.75, 3.05) is 26.2 Å². The largest absolute Gasteiger partial charge is 0.314 e. The first-order valence-corrected chi connectivity index (χ1v) is 8.77. The Labute approximate surface area is 154 Å². The Hall–Kier alpha value is -0.280. The molecule has 1 aromatic carbocycles. The van der Waals surface area contributed by atoms with E-state index in [9.17, 15) is 0 Å². The molecule has 1 saturated heterocycles. The van der Waals surface area contributed by atoms with Crippen LogP contribution in [0.25, 0.3) is 0 Å². The van der Waals surface area contributed by atoms with Crippen LogP contribution in [0.4, 0.5) is 0 Å². The fourth-order valence-electron chi connectivity index (χ4n) is 4.37. The first kappa shape index (κ1) is 20.8. The predicted molar refractivity (Wildman–Crippen MR) is 104 cm³/mol. The van der Waals surface area contributed by atoms with Crippen molar-refractivity contribution < 1.29 is 0 Å². The van der Waals surface area contributed by atoms with Gasteiger partial charge in [-0.2, -0.15) is 0 Å². The maximum atomic E-state index is 3.51. The van der Waals surface area contributed by atoms with Gasteiger partial charge in [0, 0.05) is 32.2 Å². The summed E-state index contributed by atoms with van der Waals surface area (Å²) in [5, 5.41) is 3.51. The molecule has 1 heterocycles. The molecule has 1 atom stereocenters. The number of nitrogens with zero attached hydrogens (tertiary/aromatic N) is 1. The van der Waals surface area contributed by atoms with Crippen LogP contribution >= 0.6 is 24.8 Å². The molecular weight excluding hydrogens is 327 g/mol. The minimum absolute atomic E-state index is 0. The van der Waals surface area contributed by atoms with Crippen LogP contribution in [0.1, 0.15) is 54.8 Å². The molecule has 0 spiro atoms. The SMILES string of the molecule is Cc1cc(C)cc([C@@H](C2CCCCC2)N2CCNCC2)c1.Cl.Cl. The van der Waals surface area contributed by atoms with Gasteiger partial charge < -0.3 is 5.32 Å². The van der Waals surface area contributed by atoms with Crippen molar-refractivity contribution in [2.45, 2.75) is 52.0 Å². The quantitative estimate of drug-likeness (QED) is 0.843. The van der Waals surface area contributed by atoms with Crippen LogP contribution in [0.5, 0.6) is 0 Å². The van der Waals surface area contributed by atoms with Crippen LogP contribution in [0, 0.1) is 19.8 Å². The summed E-state index contributed by atoms with van der Waals surface area (Å²) >= 11 is 0. The fraction of sp³-hybridized carbons (Fsp3) is 0.684. The minimum atomic E-state index is 0. The summed E-state index contributed by atoms with van der Waals surface area (Å²) in [6.07, 6.45) is 7.14. The molecule has 132 valence electrons. The molecule has 1 aliphatic carbocycles. The predicted octanol–water partition coefficient (Wildman–Crippen LogP) is 4.67. The lowest BCUT2D eigenvalue weighted by molar-refractivity contribution is 0.103. The lowest BCUT2D eigenvalue weighted by atomic mass is 9.79. The van der Waals surface area contributed by atoms with Crippen LogP contribution in [0.3, 0.4) is 0 Å². The van der Waals surface area contributed by atoms with Gasteiger partial charge in [-0.05, 0) is 38.2 Å². The zero-order chi connectivity index (χ0) is 14.7. The van der Waals surface area contributed by atoms with Crippen molar-refractivity contribution in [2.24, 2.45) is 5.92 Å². The summed E-state index contributed by atoms with van der Waals surface area (Å²) in [5.41, 5.74) is 4.41. The van der Waals surface area contributed by atoms with Crippen LogP contribution in [-0.4, -0.2) is 31.1 Å². The molecule has 1 N–H and O–H groups in total. The second-order valence-corrected chi connectivity index (χ2v) is 7.05. The van der Waals surface area contributed by atoms with Gasteiger partial charge >= 0.3 is 0 Å². The fourth-order valence-corrected chi connectivity index (χ4v) is 4.37. The van der Waals surface area contributed by atoms with E-state index in [0.717, 1.165) is 19.0 Å². The van der Waals surface area contributed by atoms with E-state index in [1.807, 2.05) is 0 Å². The molecule has 1 aliphatic heterocycles. The van der Waals surface area contributed by atoms with Gasteiger partial charge in [0.1, 0.15) is 0 Å². The summed E-state index contributed by atoms with van der Waals surface area (Å²) in [6.45, 7) is 9.18. The standard InChI is InChI=1S/C19H30N2.2ClH/c1-15-12-16(2)14-18(13-15)19(17-6-4-3-5-7-17)21-10-8-20-9-11-21;;/h12-14,17,19-20H,3-11H2,1-2H3;2*1H/t19-;;/m1../s1. The summed E-state index contributed by atoms with van der Waals surface area (Å²) < 4.78 is 0. The van der Waals surface area contributed by atoms with Gasteiger partial charge in [-0.3, -0.25) is 4.90 Å². The maximum Gasteiger partial charge on any atom is 0.0377 e. The maximum absolute atomic E-state index is 3.51. The van der Waals surface area contributed by atoms with Crippen molar-refractivity contribution in [3.05, 3.63) is 34.9 Å². The minimum Gasteiger partial charge on any atom is -0.314 e. The number of rotatable bonds is 3. The topological polar surface area (TPSA) is 15.3 Å². The van der Waals surface area contributed by atoms with E-state index in [1.165, 1.54) is 56.3 Å². The molecule has 0 unspecified atom stereocenters. The molecule has 1 saturated carbocycles. The monoisotopic (exact) mass is 358 g/mol.